The molecular weight excluding hydrogens is 548 g/mol. The van der Waals surface area contributed by atoms with Crippen LogP contribution in [0.4, 0.5) is 0 Å². The van der Waals surface area contributed by atoms with Crippen molar-refractivity contribution >= 4 is 30.3 Å². The molecule has 2 atom stereocenters. The van der Waals surface area contributed by atoms with Crippen LogP contribution in [-0.4, -0.2) is 18.1 Å². The molecule has 2 unspecified atom stereocenters. The molecule has 2 aliphatic carbocycles. The minimum atomic E-state index is -5.41. The van der Waals surface area contributed by atoms with Crippen LogP contribution in [0.25, 0.3) is 12.2 Å². The normalized spacial score (nSPS) is 17.2. The summed E-state index contributed by atoms with van der Waals surface area (Å²) in [5.74, 6) is -0.888. The van der Waals surface area contributed by atoms with Crippen LogP contribution >= 0.6 is 0 Å². The van der Waals surface area contributed by atoms with Crippen molar-refractivity contribution in [3.63, 3.8) is 0 Å². The number of allylic oxidation sites excluding steroid dienone is 2. The van der Waals surface area contributed by atoms with E-state index in [1.807, 2.05) is 60.7 Å². The molecule has 0 aliphatic heterocycles. The van der Waals surface area contributed by atoms with Crippen molar-refractivity contribution in [3.8, 4) is 0 Å². The first kappa shape index (κ1) is 26.5. The molecule has 0 spiro atoms. The van der Waals surface area contributed by atoms with E-state index in [4.69, 9.17) is 6.64 Å². The Morgan fingerprint density at radius 1 is 0.575 bits per heavy atom. The van der Waals surface area contributed by atoms with Crippen LogP contribution in [0.15, 0.2) is 121 Å². The van der Waals surface area contributed by atoms with Gasteiger partial charge < -0.3 is 0 Å². The standard InChI is InChI=1S/2C9H7.2C7H6O2.C2H6Si.Ti/c2*1-2-5-9-7-3-6-8(9)4-1;2*8-7(9)6-4-2-1-3-5-6;1-3-2;/h2*1-7H;2*1-5H,(H,8,9);1-2H3;/q;;;;;+2/p-2. The number of hydrogen-bond donors (Lipinski definition) is 0. The topological polar surface area (TPSA) is 52.6 Å². The summed E-state index contributed by atoms with van der Waals surface area (Å²) >= 11 is -5.41. The van der Waals surface area contributed by atoms with E-state index in [0.29, 0.717) is 11.1 Å². The summed E-state index contributed by atoms with van der Waals surface area (Å²) in [5, 5.41) is 0. The number of hydrogen-bond acceptors (Lipinski definition) is 4. The van der Waals surface area contributed by atoms with Crippen molar-refractivity contribution in [2.75, 3.05) is 0 Å². The summed E-state index contributed by atoms with van der Waals surface area (Å²) in [5.41, 5.74) is 5.11. The summed E-state index contributed by atoms with van der Waals surface area (Å²) in [4.78, 5) is 28.5. The predicted molar refractivity (Wildman–Crippen MR) is 158 cm³/mol. The number of carbonyl (C=O) groups is 2. The van der Waals surface area contributed by atoms with Crippen molar-refractivity contribution in [2.45, 2.75) is 21.5 Å². The summed E-state index contributed by atoms with van der Waals surface area (Å²) in [6.45, 7) is 4.31. The van der Waals surface area contributed by atoms with E-state index in [0.717, 1.165) is 22.3 Å². The van der Waals surface area contributed by atoms with Crippen LogP contribution in [-0.2, 0) is 21.5 Å². The average molecular weight is 579 g/mol. The van der Waals surface area contributed by atoms with Gasteiger partial charge in [0.25, 0.3) is 0 Å². The Balaban J connectivity index is 1.69. The maximum atomic E-state index is 14.2. The van der Waals surface area contributed by atoms with Gasteiger partial charge in [0, 0.05) is 0 Å². The van der Waals surface area contributed by atoms with Crippen molar-refractivity contribution < 1.29 is 31.0 Å². The molecule has 0 saturated heterocycles. The Labute approximate surface area is 236 Å². The van der Waals surface area contributed by atoms with Gasteiger partial charge in [-0.2, -0.15) is 0 Å². The first-order valence-electron chi connectivity index (χ1n) is 13.5. The van der Waals surface area contributed by atoms with Gasteiger partial charge in [-0.15, -0.1) is 0 Å². The van der Waals surface area contributed by atoms with Crippen LogP contribution in [0.2, 0.25) is 13.1 Å². The number of rotatable bonds is 6. The van der Waals surface area contributed by atoms with Crippen LogP contribution in [0.5, 0.6) is 0 Å². The molecule has 0 fully saturated rings. The summed E-state index contributed by atoms with van der Waals surface area (Å²) < 4.78 is 13.5. The molecule has 0 N–H and O–H groups in total. The molecule has 0 aromatic heterocycles. The van der Waals surface area contributed by atoms with Crippen molar-refractivity contribution in [2.24, 2.45) is 0 Å². The van der Waals surface area contributed by atoms with Crippen LogP contribution < -0.4 is 0 Å². The van der Waals surface area contributed by atoms with Crippen molar-refractivity contribution in [1.29, 1.82) is 0 Å². The van der Waals surface area contributed by atoms with E-state index in [2.05, 4.69) is 61.7 Å². The molecule has 4 aromatic carbocycles. The Morgan fingerprint density at radius 2 is 0.950 bits per heavy atom. The van der Waals surface area contributed by atoms with Gasteiger partial charge in [0.05, 0.1) is 0 Å². The number of fused-ring (bicyclic) bond motifs is 2. The Hall–Kier alpha value is -3.77. The van der Waals surface area contributed by atoms with E-state index < -0.39 is 32.9 Å². The van der Waals surface area contributed by atoms with E-state index in [1.54, 1.807) is 24.3 Å². The van der Waals surface area contributed by atoms with Crippen LogP contribution in [0.1, 0.15) is 51.4 Å². The third-order valence-corrected chi connectivity index (χ3v) is 30.1. The Morgan fingerprint density at radius 3 is 1.35 bits per heavy atom. The molecule has 40 heavy (non-hydrogen) atoms. The SMILES string of the molecule is C[Si](C)=[Ti]([O]C(=O)c1ccccc1)([O]C(=O)c1ccccc1)([CH]1C=Cc2ccccc21)[CH]1C=Cc2ccccc21. The molecule has 6 rings (SSSR count). The van der Waals surface area contributed by atoms with Crippen LogP contribution in [0.3, 0.4) is 0 Å². The average Bonchev–Trinajstić information content (AvgIpc) is 3.63. The molecule has 0 bridgehead atoms. The zero-order valence-electron chi connectivity index (χ0n) is 22.5. The Bertz CT molecular complexity index is 1630. The van der Waals surface area contributed by atoms with E-state index in [9.17, 15) is 9.59 Å². The summed E-state index contributed by atoms with van der Waals surface area (Å²) in [7, 11) is 0. The van der Waals surface area contributed by atoms with Crippen LogP contribution in [0, 0.1) is 0 Å². The van der Waals surface area contributed by atoms with Gasteiger partial charge in [-0.05, 0) is 0 Å². The molecular formula is C34H30O4SiTi. The fourth-order valence-electron chi connectivity index (χ4n) is 6.40. The van der Waals surface area contributed by atoms with Gasteiger partial charge >= 0.3 is 238 Å². The Kier molecular flexibility index (Phi) is 6.83. The molecule has 0 radical (unpaired) electrons. The second-order valence-electron chi connectivity index (χ2n) is 10.7. The number of benzene rings is 4. The molecule has 198 valence electrons. The van der Waals surface area contributed by atoms with Gasteiger partial charge in [-0.25, -0.2) is 0 Å². The molecule has 4 nitrogen and oxygen atoms in total. The maximum absolute atomic E-state index is 14.2. The van der Waals surface area contributed by atoms with Gasteiger partial charge in [0.2, 0.25) is 0 Å². The molecule has 0 amide bonds. The first-order chi connectivity index (χ1) is 19.4. The number of carbonyl (C=O) groups excluding carboxylic acids is 2. The molecule has 0 heterocycles. The van der Waals surface area contributed by atoms with E-state index in [-0.39, 0.29) is 8.45 Å². The molecule has 0 saturated carbocycles. The van der Waals surface area contributed by atoms with Gasteiger partial charge in [-0.1, -0.05) is 0 Å². The van der Waals surface area contributed by atoms with E-state index in [1.165, 1.54) is 0 Å². The van der Waals surface area contributed by atoms with Gasteiger partial charge in [-0.3, -0.25) is 0 Å². The van der Waals surface area contributed by atoms with Gasteiger partial charge in [0.15, 0.2) is 0 Å². The van der Waals surface area contributed by atoms with Crippen molar-refractivity contribution in [1.82, 2.24) is 0 Å². The second kappa shape index (κ2) is 10.3. The molecule has 2 aliphatic rings. The summed E-state index contributed by atoms with van der Waals surface area (Å²) in [6, 6.07) is 34.4. The molecule has 6 heteroatoms. The monoisotopic (exact) mass is 578 g/mol. The van der Waals surface area contributed by atoms with E-state index >= 15 is 0 Å². The van der Waals surface area contributed by atoms with Crippen molar-refractivity contribution in [3.05, 3.63) is 155 Å². The fraction of sp³-hybridized carbons (Fsp3) is 0.118. The second-order valence-corrected chi connectivity index (χ2v) is 27.8. The fourth-order valence-corrected chi connectivity index (χ4v) is 25.8. The zero-order chi connectivity index (χ0) is 27.8. The minimum absolute atomic E-state index is 0.349. The third-order valence-electron chi connectivity index (χ3n) is 8.39. The molecule has 4 aromatic rings. The third kappa shape index (κ3) is 4.08. The predicted octanol–water partition coefficient (Wildman–Crippen LogP) is 8.01. The quantitative estimate of drug-likeness (QED) is 0.218. The zero-order valence-corrected chi connectivity index (χ0v) is 25.1. The summed E-state index contributed by atoms with van der Waals surface area (Å²) in [6.07, 6.45) is 6.79. The van der Waals surface area contributed by atoms with Gasteiger partial charge in [0.1, 0.15) is 0 Å². The first-order valence-corrected chi connectivity index (χ1v) is 21.4.